The summed E-state index contributed by atoms with van der Waals surface area (Å²) in [6, 6.07) is 12.7. The molecule has 2 bridgehead atoms. The van der Waals surface area contributed by atoms with Crippen LogP contribution in [0.2, 0.25) is 5.02 Å². The number of nitrogens with one attached hydrogen (secondary N) is 1. The van der Waals surface area contributed by atoms with Crippen molar-refractivity contribution in [3.63, 3.8) is 0 Å². The first kappa shape index (κ1) is 39.2. The first-order valence-corrected chi connectivity index (χ1v) is 22.9. The molecular formula is C44H61ClN4O5S. The number of amides is 1. The predicted octanol–water partition coefficient (Wildman–Crippen LogP) is 6.37. The highest BCUT2D eigenvalue weighted by atomic mass is 35.5. The number of allylic oxidation sites excluding steroid dienone is 1. The van der Waals surface area contributed by atoms with E-state index in [9.17, 15) is 9.00 Å². The second-order valence-electron chi connectivity index (χ2n) is 17.5. The van der Waals surface area contributed by atoms with E-state index in [1.807, 2.05) is 32.2 Å². The molecule has 4 aliphatic heterocycles. The van der Waals surface area contributed by atoms with Gasteiger partial charge in [0.05, 0.1) is 35.2 Å². The molecule has 55 heavy (non-hydrogen) atoms. The number of hydrogen-bond donors (Lipinski definition) is 1. The maximum atomic E-state index is 14.1. The van der Waals surface area contributed by atoms with Gasteiger partial charge in [0.25, 0.3) is 5.91 Å². The van der Waals surface area contributed by atoms with Crippen LogP contribution in [0, 0.1) is 17.8 Å². The number of carbonyl (C=O) groups excluding carboxylic acids is 1. The quantitative estimate of drug-likeness (QED) is 0.283. The fraction of sp³-hybridized carbons (Fsp3) is 0.636. The zero-order valence-electron chi connectivity index (χ0n) is 33.1. The number of carbonyl (C=O) groups is 1. The summed E-state index contributed by atoms with van der Waals surface area (Å²) < 4.78 is 36.2. The smallest absolute Gasteiger partial charge is 0.262 e. The number of benzene rings is 2. The van der Waals surface area contributed by atoms with Gasteiger partial charge in [-0.25, -0.2) is 4.21 Å². The van der Waals surface area contributed by atoms with Crippen LogP contribution in [0.4, 0.5) is 5.69 Å². The Balaban J connectivity index is 1.15. The lowest BCUT2D eigenvalue weighted by Gasteiger charge is -2.52. The Bertz CT molecular complexity index is 1860. The number of hydrogen-bond acceptors (Lipinski definition) is 8. The Kier molecular flexibility index (Phi) is 11.4. The zero-order valence-corrected chi connectivity index (χ0v) is 34.7. The monoisotopic (exact) mass is 792 g/mol. The van der Waals surface area contributed by atoms with Gasteiger partial charge in [0, 0.05) is 67.1 Å². The highest BCUT2D eigenvalue weighted by Gasteiger charge is 2.50. The van der Waals surface area contributed by atoms with Crippen LogP contribution >= 0.6 is 11.6 Å². The molecule has 1 spiro atoms. The molecule has 1 N–H and O–H groups in total. The van der Waals surface area contributed by atoms with Crippen molar-refractivity contribution < 1.29 is 23.2 Å². The molecule has 9 nitrogen and oxygen atoms in total. The predicted molar refractivity (Wildman–Crippen MR) is 223 cm³/mol. The maximum absolute atomic E-state index is 14.1. The van der Waals surface area contributed by atoms with Crippen LogP contribution < -0.4 is 14.4 Å². The number of nitrogens with zero attached hydrogens (tertiary/aromatic N) is 3. The van der Waals surface area contributed by atoms with E-state index in [1.54, 1.807) is 6.07 Å². The van der Waals surface area contributed by atoms with Gasteiger partial charge in [-0.05, 0) is 136 Å². The largest absolute Gasteiger partial charge is 0.490 e. The third-order valence-electron chi connectivity index (χ3n) is 14.3. The minimum Gasteiger partial charge on any atom is -0.490 e. The number of aryl methyl sites for hydroxylation is 1. The number of piperidine rings is 1. The van der Waals surface area contributed by atoms with Crippen molar-refractivity contribution in [1.82, 2.24) is 14.5 Å². The fourth-order valence-electron chi connectivity index (χ4n) is 10.6. The summed E-state index contributed by atoms with van der Waals surface area (Å²) in [5.41, 5.74) is 3.33. The number of anilines is 1. The Morgan fingerprint density at radius 2 is 1.85 bits per heavy atom. The van der Waals surface area contributed by atoms with Gasteiger partial charge in [0.1, 0.15) is 11.4 Å². The third kappa shape index (κ3) is 7.85. The average Bonchev–Trinajstić information content (AvgIpc) is 3.32. The van der Waals surface area contributed by atoms with Crippen LogP contribution in [0.25, 0.3) is 0 Å². The summed E-state index contributed by atoms with van der Waals surface area (Å²) >= 11 is 6.54. The van der Waals surface area contributed by atoms with Gasteiger partial charge in [0.15, 0.2) is 0 Å². The fourth-order valence-corrected chi connectivity index (χ4v) is 12.3. The first-order chi connectivity index (χ1) is 26.5. The second kappa shape index (κ2) is 16.0. The van der Waals surface area contributed by atoms with Gasteiger partial charge in [-0.2, -0.15) is 0 Å². The van der Waals surface area contributed by atoms with Crippen LogP contribution in [0.1, 0.15) is 80.3 Å². The number of fused-ring (bicyclic) bond motifs is 4. The van der Waals surface area contributed by atoms with Gasteiger partial charge >= 0.3 is 0 Å². The molecule has 300 valence electrons. The van der Waals surface area contributed by atoms with Crippen molar-refractivity contribution in [1.29, 1.82) is 0 Å². The van der Waals surface area contributed by atoms with Gasteiger partial charge < -0.3 is 24.0 Å². The van der Waals surface area contributed by atoms with E-state index in [0.717, 1.165) is 127 Å². The van der Waals surface area contributed by atoms with E-state index in [4.69, 9.17) is 25.8 Å². The normalized spacial score (nSPS) is 35.8. The number of morpholine rings is 1. The number of ether oxygens (including phenoxy) is 3. The van der Waals surface area contributed by atoms with Crippen LogP contribution in [0.3, 0.4) is 0 Å². The number of halogens is 1. The van der Waals surface area contributed by atoms with Crippen molar-refractivity contribution in [2.24, 2.45) is 17.8 Å². The van der Waals surface area contributed by atoms with Crippen molar-refractivity contribution in [3.05, 3.63) is 70.3 Å². The van der Waals surface area contributed by atoms with Crippen molar-refractivity contribution in [2.75, 3.05) is 77.6 Å². The summed E-state index contributed by atoms with van der Waals surface area (Å²) in [4.78, 5) is 21.6. The van der Waals surface area contributed by atoms with Crippen molar-refractivity contribution >= 4 is 38.8 Å². The average molecular weight is 794 g/mol. The van der Waals surface area contributed by atoms with Gasteiger partial charge in [0.2, 0.25) is 0 Å². The molecule has 11 heteroatoms. The summed E-state index contributed by atoms with van der Waals surface area (Å²) in [5.74, 6) is 5.24. The first-order valence-electron chi connectivity index (χ1n) is 20.7. The maximum Gasteiger partial charge on any atom is 0.262 e. The summed E-state index contributed by atoms with van der Waals surface area (Å²) in [6.07, 6.45) is 13.0. The summed E-state index contributed by atoms with van der Waals surface area (Å²) in [5, 5.41) is 0.439. The molecule has 4 heterocycles. The standard InChI is InChI=1S/C44H61ClN4O5S/c1-31-7-5-18-44(52-3,29-47-19-15-37(16-20-47)48-21-23-53-24-22-48)39-12-9-35(39)27-49-28-43(17-6-8-33-25-36(45)11-13-38(33)43)30-54-41-14-10-34(26-40(41)49)42(50)46-55(4,51)32(31)2/h5,10-11,13-14,18,25-26,31-32,35,37,39H,4,6-9,12,15-17,19-24,27-30H2,1-3H3,(H,46,50,51)/b18-5+/t31-,32+,35-,39+,43-,44+,55?/m0/s1. The molecule has 2 aromatic carbocycles. The van der Waals surface area contributed by atoms with E-state index >= 15 is 0 Å². The van der Waals surface area contributed by atoms with Crippen LogP contribution in [0.15, 0.2) is 48.6 Å². The molecule has 2 aliphatic carbocycles. The molecule has 6 aliphatic rings. The SMILES string of the molecule is C=S1(=O)NC(=O)c2ccc3c(c2)N(C[C@@H]2CC[C@H]2[C@@](CN2CCC(N4CCOCC4)CC2)(OC)/C=C/C[C@H](C)[C@H]1C)C[C@@]1(CCCc2cc(Cl)ccc21)CO3. The van der Waals surface area contributed by atoms with Gasteiger partial charge in [-0.1, -0.05) is 36.7 Å². The topological polar surface area (TPSA) is 83.6 Å². The van der Waals surface area contributed by atoms with Crippen LogP contribution in [-0.2, 0) is 31.0 Å². The Labute approximate surface area is 334 Å². The lowest BCUT2D eigenvalue weighted by atomic mass is 9.63. The van der Waals surface area contributed by atoms with Gasteiger partial charge in [-0.3, -0.25) is 14.4 Å². The highest BCUT2D eigenvalue weighted by Crippen LogP contribution is 2.49. The number of rotatable bonds is 4. The number of likely N-dealkylation sites (tertiary alicyclic amines) is 1. The summed E-state index contributed by atoms with van der Waals surface area (Å²) in [7, 11) is -1.05. The van der Waals surface area contributed by atoms with E-state index in [-0.39, 0.29) is 22.5 Å². The molecule has 2 saturated heterocycles. The van der Waals surface area contributed by atoms with E-state index in [0.29, 0.717) is 30.0 Å². The molecule has 3 fully saturated rings. The van der Waals surface area contributed by atoms with Crippen LogP contribution in [-0.4, -0.2) is 115 Å². The minimum atomic E-state index is -2.96. The molecule has 1 amide bonds. The molecule has 8 rings (SSSR count). The molecule has 0 radical (unpaired) electrons. The van der Waals surface area contributed by atoms with Crippen molar-refractivity contribution in [2.45, 2.75) is 87.5 Å². The molecule has 1 unspecified atom stereocenters. The molecule has 0 aromatic heterocycles. The lowest BCUT2D eigenvalue weighted by Crippen LogP contribution is -2.58. The Morgan fingerprint density at radius 1 is 1.05 bits per heavy atom. The third-order valence-corrected chi connectivity index (χ3v) is 16.8. The van der Waals surface area contributed by atoms with E-state index < -0.39 is 15.3 Å². The summed E-state index contributed by atoms with van der Waals surface area (Å²) in [6.45, 7) is 12.9. The van der Waals surface area contributed by atoms with E-state index in [1.165, 1.54) is 11.1 Å². The Hall–Kier alpha value is -2.60. The lowest BCUT2D eigenvalue weighted by molar-refractivity contribution is -0.0962. The molecule has 7 atom stereocenters. The van der Waals surface area contributed by atoms with Crippen molar-refractivity contribution in [3.8, 4) is 5.75 Å². The van der Waals surface area contributed by atoms with Gasteiger partial charge in [-0.15, -0.1) is 0 Å². The molecule has 1 saturated carbocycles. The minimum absolute atomic E-state index is 0.0332. The number of methoxy groups -OCH3 is 1. The molecule has 2 aromatic rings. The van der Waals surface area contributed by atoms with Crippen LogP contribution in [0.5, 0.6) is 5.75 Å². The molecular weight excluding hydrogens is 732 g/mol. The highest BCUT2D eigenvalue weighted by molar-refractivity contribution is 7.99. The second-order valence-corrected chi connectivity index (χ2v) is 20.4. The van der Waals surface area contributed by atoms with E-state index in [2.05, 4.69) is 56.5 Å². The Morgan fingerprint density at radius 3 is 2.60 bits per heavy atom. The zero-order chi connectivity index (χ0) is 38.4.